The highest BCUT2D eigenvalue weighted by Crippen LogP contribution is 2.27. The van der Waals surface area contributed by atoms with Crippen molar-refractivity contribution in [2.24, 2.45) is 23.7 Å². The Balaban J connectivity index is 3.64. The van der Waals surface area contributed by atoms with E-state index in [0.717, 1.165) is 32.1 Å². The molecule has 0 bridgehead atoms. The van der Waals surface area contributed by atoms with Gasteiger partial charge in [0.15, 0.2) is 0 Å². The molecule has 0 aliphatic rings. The molecule has 0 N–H and O–H groups in total. The molecule has 2 unspecified atom stereocenters. The Morgan fingerprint density at radius 2 is 1.06 bits per heavy atom. The Hall–Kier alpha value is -1.06. The zero-order valence-corrected chi connectivity index (χ0v) is 23.0. The molecular formula is C29H56O4. The van der Waals surface area contributed by atoms with Gasteiger partial charge in [-0.25, -0.2) is 0 Å². The van der Waals surface area contributed by atoms with E-state index in [0.29, 0.717) is 37.4 Å². The molecule has 33 heavy (non-hydrogen) atoms. The standard InChI is InChI=1S/C29H56O4/c1-7-26(27(8-2)29(31)33-23-25(5)6)20-18-16-14-12-10-9-11-13-15-17-19-21-28(30)32-22-24(3)4/h24-27H,7-23H2,1-6H3. The van der Waals surface area contributed by atoms with Crippen LogP contribution in [0, 0.1) is 23.7 Å². The van der Waals surface area contributed by atoms with E-state index in [2.05, 4.69) is 41.5 Å². The summed E-state index contributed by atoms with van der Waals surface area (Å²) in [5.74, 6) is 1.33. The molecule has 0 aromatic rings. The van der Waals surface area contributed by atoms with Crippen LogP contribution in [-0.4, -0.2) is 25.2 Å². The van der Waals surface area contributed by atoms with Gasteiger partial charge in [-0.05, 0) is 37.0 Å². The molecule has 0 aromatic heterocycles. The van der Waals surface area contributed by atoms with Gasteiger partial charge in [0.25, 0.3) is 0 Å². The second-order valence-corrected chi connectivity index (χ2v) is 10.7. The van der Waals surface area contributed by atoms with Crippen LogP contribution < -0.4 is 0 Å². The zero-order valence-electron chi connectivity index (χ0n) is 23.0. The van der Waals surface area contributed by atoms with E-state index >= 15 is 0 Å². The van der Waals surface area contributed by atoms with E-state index in [1.54, 1.807) is 0 Å². The minimum absolute atomic E-state index is 0.0177. The van der Waals surface area contributed by atoms with Gasteiger partial charge < -0.3 is 9.47 Å². The minimum Gasteiger partial charge on any atom is -0.465 e. The van der Waals surface area contributed by atoms with Crippen LogP contribution in [-0.2, 0) is 19.1 Å². The SMILES string of the molecule is CCC(CCCCCCCCCCCCCC(=O)OCC(C)C)C(CC)C(=O)OCC(C)C. The Labute approximate surface area is 206 Å². The third kappa shape index (κ3) is 19.0. The fourth-order valence-corrected chi connectivity index (χ4v) is 4.34. The summed E-state index contributed by atoms with van der Waals surface area (Å²) in [6.07, 6.45) is 17.4. The van der Waals surface area contributed by atoms with Gasteiger partial charge in [0, 0.05) is 6.42 Å². The Morgan fingerprint density at radius 1 is 0.606 bits per heavy atom. The average molecular weight is 469 g/mol. The van der Waals surface area contributed by atoms with E-state index in [1.165, 1.54) is 57.8 Å². The lowest BCUT2D eigenvalue weighted by atomic mass is 9.84. The molecule has 0 aliphatic carbocycles. The summed E-state index contributed by atoms with van der Waals surface area (Å²) < 4.78 is 10.7. The van der Waals surface area contributed by atoms with E-state index in [9.17, 15) is 9.59 Å². The van der Waals surface area contributed by atoms with Crippen LogP contribution in [0.4, 0.5) is 0 Å². The topological polar surface area (TPSA) is 52.6 Å². The summed E-state index contributed by atoms with van der Waals surface area (Å²) in [6, 6.07) is 0. The summed E-state index contributed by atoms with van der Waals surface area (Å²) in [5, 5.41) is 0. The first kappa shape index (κ1) is 31.9. The quantitative estimate of drug-likeness (QED) is 0.118. The molecule has 0 aromatic carbocycles. The molecule has 2 atom stereocenters. The van der Waals surface area contributed by atoms with Crippen LogP contribution in [0.1, 0.15) is 138 Å². The normalized spacial score (nSPS) is 13.3. The summed E-state index contributed by atoms with van der Waals surface area (Å²) in [7, 11) is 0. The van der Waals surface area contributed by atoms with E-state index in [1.807, 2.05) is 0 Å². The molecule has 0 aliphatic heterocycles. The summed E-state index contributed by atoms with van der Waals surface area (Å²) >= 11 is 0. The van der Waals surface area contributed by atoms with Gasteiger partial charge in [0.2, 0.25) is 0 Å². The van der Waals surface area contributed by atoms with Crippen molar-refractivity contribution >= 4 is 11.9 Å². The van der Waals surface area contributed by atoms with Crippen LogP contribution in [0.3, 0.4) is 0 Å². The lowest BCUT2D eigenvalue weighted by molar-refractivity contribution is -0.152. The summed E-state index contributed by atoms with van der Waals surface area (Å²) in [6.45, 7) is 13.7. The van der Waals surface area contributed by atoms with Gasteiger partial charge in [-0.1, -0.05) is 112 Å². The first-order valence-electron chi connectivity index (χ1n) is 14.1. The molecule has 4 heteroatoms. The first-order chi connectivity index (χ1) is 15.8. The van der Waals surface area contributed by atoms with Crippen LogP contribution in [0.2, 0.25) is 0 Å². The van der Waals surface area contributed by atoms with Crippen molar-refractivity contribution in [3.63, 3.8) is 0 Å². The first-order valence-corrected chi connectivity index (χ1v) is 14.1. The average Bonchev–Trinajstić information content (AvgIpc) is 2.78. The number of hydrogen-bond acceptors (Lipinski definition) is 4. The van der Waals surface area contributed by atoms with E-state index in [-0.39, 0.29) is 17.9 Å². The fraction of sp³-hybridized carbons (Fsp3) is 0.931. The maximum atomic E-state index is 12.4. The second-order valence-electron chi connectivity index (χ2n) is 10.7. The monoisotopic (exact) mass is 468 g/mol. The predicted octanol–water partition coefficient (Wildman–Crippen LogP) is 8.51. The van der Waals surface area contributed by atoms with Crippen LogP contribution >= 0.6 is 0 Å². The summed E-state index contributed by atoms with van der Waals surface area (Å²) in [4.78, 5) is 24.0. The van der Waals surface area contributed by atoms with Crippen LogP contribution in [0.15, 0.2) is 0 Å². The lowest BCUT2D eigenvalue weighted by Gasteiger charge is -2.24. The molecule has 0 heterocycles. The molecule has 4 nitrogen and oxygen atoms in total. The number of ether oxygens (including phenoxy) is 2. The van der Waals surface area contributed by atoms with Crippen molar-refractivity contribution in [2.75, 3.05) is 13.2 Å². The Kier molecular flexibility index (Phi) is 20.8. The molecule has 0 spiro atoms. The number of esters is 2. The zero-order chi connectivity index (χ0) is 24.9. The molecule has 0 radical (unpaired) electrons. The van der Waals surface area contributed by atoms with Gasteiger partial charge in [-0.3, -0.25) is 9.59 Å². The molecule has 0 amide bonds. The molecule has 0 saturated carbocycles. The number of carbonyl (C=O) groups is 2. The molecule has 0 fully saturated rings. The molecule has 0 saturated heterocycles. The van der Waals surface area contributed by atoms with Crippen molar-refractivity contribution in [3.05, 3.63) is 0 Å². The minimum atomic E-state index is -0.0368. The summed E-state index contributed by atoms with van der Waals surface area (Å²) in [5.41, 5.74) is 0. The second kappa shape index (κ2) is 21.5. The van der Waals surface area contributed by atoms with Crippen molar-refractivity contribution in [2.45, 2.75) is 138 Å². The Bertz CT molecular complexity index is 472. The van der Waals surface area contributed by atoms with Crippen molar-refractivity contribution in [1.82, 2.24) is 0 Å². The fourth-order valence-electron chi connectivity index (χ4n) is 4.34. The number of unbranched alkanes of at least 4 members (excludes halogenated alkanes) is 10. The molecule has 196 valence electrons. The van der Waals surface area contributed by atoms with E-state index in [4.69, 9.17) is 9.47 Å². The molecular weight excluding hydrogens is 412 g/mol. The predicted molar refractivity (Wildman–Crippen MR) is 139 cm³/mol. The largest absolute Gasteiger partial charge is 0.465 e. The van der Waals surface area contributed by atoms with Crippen molar-refractivity contribution in [1.29, 1.82) is 0 Å². The van der Waals surface area contributed by atoms with Crippen LogP contribution in [0.5, 0.6) is 0 Å². The smallest absolute Gasteiger partial charge is 0.309 e. The van der Waals surface area contributed by atoms with Gasteiger partial charge in [0.05, 0.1) is 19.1 Å². The highest BCUT2D eigenvalue weighted by molar-refractivity contribution is 5.72. The maximum Gasteiger partial charge on any atom is 0.309 e. The van der Waals surface area contributed by atoms with Gasteiger partial charge in [-0.15, -0.1) is 0 Å². The van der Waals surface area contributed by atoms with E-state index < -0.39 is 0 Å². The third-order valence-electron chi connectivity index (χ3n) is 6.43. The lowest BCUT2D eigenvalue weighted by Crippen LogP contribution is -2.26. The van der Waals surface area contributed by atoms with Crippen LogP contribution in [0.25, 0.3) is 0 Å². The van der Waals surface area contributed by atoms with Gasteiger partial charge in [0.1, 0.15) is 0 Å². The number of rotatable bonds is 22. The highest BCUT2D eigenvalue weighted by Gasteiger charge is 2.26. The van der Waals surface area contributed by atoms with Crippen molar-refractivity contribution in [3.8, 4) is 0 Å². The maximum absolute atomic E-state index is 12.4. The highest BCUT2D eigenvalue weighted by atomic mass is 16.5. The number of hydrogen-bond donors (Lipinski definition) is 0. The third-order valence-corrected chi connectivity index (χ3v) is 6.43. The number of carbonyl (C=O) groups excluding carboxylic acids is 2. The Morgan fingerprint density at radius 3 is 1.52 bits per heavy atom. The molecule has 0 rings (SSSR count). The van der Waals surface area contributed by atoms with Crippen molar-refractivity contribution < 1.29 is 19.1 Å². The van der Waals surface area contributed by atoms with Gasteiger partial charge >= 0.3 is 11.9 Å². The van der Waals surface area contributed by atoms with Gasteiger partial charge in [-0.2, -0.15) is 0 Å².